The van der Waals surface area contributed by atoms with Crippen molar-refractivity contribution >= 4 is 40.8 Å². The normalized spacial score (nSPS) is 20.3. The van der Waals surface area contributed by atoms with Crippen molar-refractivity contribution < 1.29 is 14.4 Å². The Morgan fingerprint density at radius 1 is 1.39 bits per heavy atom. The van der Waals surface area contributed by atoms with E-state index in [0.29, 0.717) is 22.4 Å². The molecule has 0 saturated carbocycles. The van der Waals surface area contributed by atoms with Crippen LogP contribution in [0.1, 0.15) is 33.5 Å². The van der Waals surface area contributed by atoms with Crippen LogP contribution in [0.2, 0.25) is 0 Å². The molecule has 1 aliphatic carbocycles. The van der Waals surface area contributed by atoms with Gasteiger partial charge < -0.3 is 4.90 Å². The molecule has 6 nitrogen and oxygen atoms in total. The molecule has 1 aromatic heterocycles. The Labute approximate surface area is 143 Å². The zero-order chi connectivity index (χ0) is 16.4. The van der Waals surface area contributed by atoms with Crippen molar-refractivity contribution in [3.8, 4) is 0 Å². The van der Waals surface area contributed by atoms with E-state index in [2.05, 4.69) is 17.8 Å². The van der Waals surface area contributed by atoms with Gasteiger partial charge in [0.25, 0.3) is 11.8 Å². The van der Waals surface area contributed by atoms with E-state index in [9.17, 15) is 14.4 Å². The molecule has 1 aliphatic heterocycles. The number of carbonyl (C=O) groups excluding carboxylic acids is 3. The largest absolute Gasteiger partial charge is 0.323 e. The zero-order valence-corrected chi connectivity index (χ0v) is 14.5. The molecule has 0 spiro atoms. The summed E-state index contributed by atoms with van der Waals surface area (Å²) < 4.78 is 0. The molecular formula is C15H19N3O3S2. The number of hydrazine groups is 1. The molecule has 1 fully saturated rings. The van der Waals surface area contributed by atoms with Gasteiger partial charge in [0.2, 0.25) is 5.91 Å². The molecule has 2 aliphatic rings. The third-order valence-electron chi connectivity index (χ3n) is 4.03. The average molecular weight is 353 g/mol. The SMILES string of the molecule is C[C@H]1CCc2sc(C(=O)NNC(=O)CN3CSCC3=O)cc2C1. The maximum Gasteiger partial charge on any atom is 0.279 e. The number of thiophene rings is 1. The molecule has 3 amide bonds. The molecule has 2 N–H and O–H groups in total. The van der Waals surface area contributed by atoms with Gasteiger partial charge in [-0.05, 0) is 36.8 Å². The van der Waals surface area contributed by atoms with Crippen LogP contribution < -0.4 is 10.9 Å². The first-order chi connectivity index (χ1) is 11.0. The lowest BCUT2D eigenvalue weighted by atomic mass is 9.90. The van der Waals surface area contributed by atoms with Crippen LogP contribution in [0.15, 0.2) is 6.07 Å². The number of rotatable bonds is 3. The fourth-order valence-electron chi connectivity index (χ4n) is 2.76. The number of aryl methyl sites for hydroxylation is 1. The molecule has 23 heavy (non-hydrogen) atoms. The Balaban J connectivity index is 1.51. The van der Waals surface area contributed by atoms with Gasteiger partial charge in [0, 0.05) is 4.88 Å². The summed E-state index contributed by atoms with van der Waals surface area (Å²) in [5, 5.41) is 0. The number of carbonyl (C=O) groups is 3. The minimum absolute atomic E-state index is 0.0232. The monoisotopic (exact) mass is 353 g/mol. The number of amides is 3. The van der Waals surface area contributed by atoms with E-state index < -0.39 is 0 Å². The third-order valence-corrected chi connectivity index (χ3v) is 6.21. The first kappa shape index (κ1) is 16.3. The van der Waals surface area contributed by atoms with Crippen molar-refractivity contribution in [3.05, 3.63) is 21.4 Å². The van der Waals surface area contributed by atoms with E-state index in [1.54, 1.807) is 0 Å². The molecule has 0 radical (unpaired) electrons. The molecule has 2 heterocycles. The maximum atomic E-state index is 12.1. The number of thioether (sulfide) groups is 1. The molecule has 0 unspecified atom stereocenters. The van der Waals surface area contributed by atoms with E-state index in [4.69, 9.17) is 0 Å². The Kier molecular flexibility index (Phi) is 4.91. The molecule has 0 bridgehead atoms. The van der Waals surface area contributed by atoms with Gasteiger partial charge in [0.15, 0.2) is 0 Å². The van der Waals surface area contributed by atoms with Gasteiger partial charge in [0.05, 0.1) is 16.5 Å². The van der Waals surface area contributed by atoms with Crippen LogP contribution in [-0.2, 0) is 22.4 Å². The van der Waals surface area contributed by atoms with Crippen LogP contribution in [0.3, 0.4) is 0 Å². The van der Waals surface area contributed by atoms with Crippen molar-refractivity contribution in [2.45, 2.75) is 26.2 Å². The van der Waals surface area contributed by atoms with Crippen LogP contribution >= 0.6 is 23.1 Å². The second-order valence-electron chi connectivity index (χ2n) is 5.98. The molecule has 124 valence electrons. The van der Waals surface area contributed by atoms with E-state index in [0.717, 1.165) is 19.3 Å². The van der Waals surface area contributed by atoms with Crippen LogP contribution in [0.4, 0.5) is 0 Å². The minimum atomic E-state index is -0.385. The molecular weight excluding hydrogens is 334 g/mol. The second kappa shape index (κ2) is 6.92. The van der Waals surface area contributed by atoms with Crippen LogP contribution in [0, 0.1) is 5.92 Å². The molecule has 1 aromatic rings. The number of hydrogen-bond acceptors (Lipinski definition) is 5. The van der Waals surface area contributed by atoms with Gasteiger partial charge in [0.1, 0.15) is 6.54 Å². The van der Waals surface area contributed by atoms with Gasteiger partial charge in [-0.2, -0.15) is 0 Å². The third kappa shape index (κ3) is 3.87. The molecule has 1 saturated heterocycles. The summed E-state index contributed by atoms with van der Waals surface area (Å²) >= 11 is 2.98. The Hall–Kier alpha value is -1.54. The highest BCUT2D eigenvalue weighted by molar-refractivity contribution is 8.00. The first-order valence-corrected chi connectivity index (χ1v) is 9.56. The Morgan fingerprint density at radius 2 is 2.22 bits per heavy atom. The average Bonchev–Trinajstić information content (AvgIpc) is 3.11. The van der Waals surface area contributed by atoms with Gasteiger partial charge in [-0.1, -0.05) is 6.92 Å². The number of fused-ring (bicyclic) bond motifs is 1. The summed E-state index contributed by atoms with van der Waals surface area (Å²) in [6.45, 7) is 2.20. The Bertz CT molecular complexity index is 644. The highest BCUT2D eigenvalue weighted by Crippen LogP contribution is 2.32. The lowest BCUT2D eigenvalue weighted by Gasteiger charge is -2.16. The smallest absolute Gasteiger partial charge is 0.279 e. The maximum absolute atomic E-state index is 12.1. The summed E-state index contributed by atoms with van der Waals surface area (Å²) in [5.41, 5.74) is 6.07. The summed E-state index contributed by atoms with van der Waals surface area (Å²) in [4.78, 5) is 38.8. The highest BCUT2D eigenvalue weighted by atomic mass is 32.2. The fourth-order valence-corrected chi connectivity index (χ4v) is 4.77. The van der Waals surface area contributed by atoms with Crippen molar-refractivity contribution in [2.24, 2.45) is 5.92 Å². The molecule has 1 atom stereocenters. The first-order valence-electron chi connectivity index (χ1n) is 7.59. The van der Waals surface area contributed by atoms with E-state index >= 15 is 0 Å². The predicted octanol–water partition coefficient (Wildman–Crippen LogP) is 1.17. The molecule has 0 aromatic carbocycles. The van der Waals surface area contributed by atoms with Gasteiger partial charge in [-0.25, -0.2) is 0 Å². The predicted molar refractivity (Wildman–Crippen MR) is 90.2 cm³/mol. The van der Waals surface area contributed by atoms with E-state index in [1.807, 2.05) is 6.07 Å². The van der Waals surface area contributed by atoms with Gasteiger partial charge >= 0.3 is 0 Å². The standard InChI is InChI=1S/C15H19N3O3S2/c1-9-2-3-11-10(4-9)5-12(23-11)15(21)17-16-13(19)6-18-8-22-7-14(18)20/h5,9H,2-4,6-8H2,1H3,(H,16,19)(H,17,21)/t9-/m0/s1. The van der Waals surface area contributed by atoms with Crippen molar-refractivity contribution in [1.82, 2.24) is 15.8 Å². The van der Waals surface area contributed by atoms with Crippen molar-refractivity contribution in [2.75, 3.05) is 18.2 Å². The zero-order valence-electron chi connectivity index (χ0n) is 12.9. The van der Waals surface area contributed by atoms with E-state index in [1.165, 1.54) is 38.4 Å². The van der Waals surface area contributed by atoms with Crippen molar-refractivity contribution in [3.63, 3.8) is 0 Å². The molecule has 3 rings (SSSR count). The summed E-state index contributed by atoms with van der Waals surface area (Å²) in [5.74, 6) is 0.867. The lowest BCUT2D eigenvalue weighted by molar-refractivity contribution is -0.132. The summed E-state index contributed by atoms with van der Waals surface area (Å²) in [7, 11) is 0. The van der Waals surface area contributed by atoms with Gasteiger partial charge in [-0.15, -0.1) is 23.1 Å². The van der Waals surface area contributed by atoms with Crippen LogP contribution in [0.25, 0.3) is 0 Å². The Morgan fingerprint density at radius 3 is 2.96 bits per heavy atom. The van der Waals surface area contributed by atoms with Gasteiger partial charge in [-0.3, -0.25) is 25.2 Å². The second-order valence-corrected chi connectivity index (χ2v) is 8.07. The number of nitrogens with one attached hydrogen (secondary N) is 2. The van der Waals surface area contributed by atoms with Crippen LogP contribution in [0.5, 0.6) is 0 Å². The van der Waals surface area contributed by atoms with E-state index in [-0.39, 0.29) is 24.3 Å². The summed E-state index contributed by atoms with van der Waals surface area (Å²) in [6.07, 6.45) is 3.20. The summed E-state index contributed by atoms with van der Waals surface area (Å²) in [6, 6.07) is 1.93. The highest BCUT2D eigenvalue weighted by Gasteiger charge is 2.24. The quantitative estimate of drug-likeness (QED) is 0.800. The lowest BCUT2D eigenvalue weighted by Crippen LogP contribution is -2.46. The van der Waals surface area contributed by atoms with Crippen LogP contribution in [-0.4, -0.2) is 40.8 Å². The minimum Gasteiger partial charge on any atom is -0.323 e. The molecule has 8 heteroatoms. The fraction of sp³-hybridized carbons (Fsp3) is 0.533. The number of hydrogen-bond donors (Lipinski definition) is 2. The number of nitrogens with zero attached hydrogens (tertiary/aromatic N) is 1. The van der Waals surface area contributed by atoms with Crippen molar-refractivity contribution in [1.29, 1.82) is 0 Å². The topological polar surface area (TPSA) is 78.5 Å².